The highest BCUT2D eigenvalue weighted by atomic mass is 79.9. The third-order valence-electron chi connectivity index (χ3n) is 4.97. The fourth-order valence-corrected chi connectivity index (χ4v) is 3.98. The topological polar surface area (TPSA) is 70.7 Å². The maximum atomic E-state index is 13.4. The van der Waals surface area contributed by atoms with Gasteiger partial charge in [0.2, 0.25) is 0 Å². The van der Waals surface area contributed by atoms with E-state index in [9.17, 15) is 14.0 Å². The molecule has 6 nitrogen and oxygen atoms in total. The van der Waals surface area contributed by atoms with Crippen molar-refractivity contribution in [3.63, 3.8) is 0 Å². The molecule has 2 aromatic rings. The van der Waals surface area contributed by atoms with E-state index in [-0.39, 0.29) is 36.2 Å². The number of halogens is 3. The first-order valence-corrected chi connectivity index (χ1v) is 11.0. The van der Waals surface area contributed by atoms with E-state index in [0.717, 1.165) is 11.1 Å². The number of hydrogen-bond donors (Lipinski definition) is 2. The summed E-state index contributed by atoms with van der Waals surface area (Å²) in [7, 11) is 1.50. The Balaban J connectivity index is 1.85. The Kier molecular flexibility index (Phi) is 7.93. The van der Waals surface area contributed by atoms with E-state index in [2.05, 4.69) is 26.6 Å². The Morgan fingerprint density at radius 2 is 2.03 bits per heavy atom. The van der Waals surface area contributed by atoms with E-state index in [1.165, 1.54) is 19.2 Å². The molecular weight excluding hydrogens is 501 g/mol. The predicted octanol–water partition coefficient (Wildman–Crippen LogP) is 5.81. The molecule has 1 atom stereocenters. The molecule has 0 saturated heterocycles. The quantitative estimate of drug-likeness (QED) is 0.521. The fourth-order valence-electron chi connectivity index (χ4n) is 3.19. The molecule has 1 aliphatic rings. The number of benzene rings is 2. The number of urea groups is 1. The minimum absolute atomic E-state index is 0.209. The van der Waals surface area contributed by atoms with Gasteiger partial charge in [0.05, 0.1) is 16.8 Å². The largest absolute Gasteiger partial charge is 0.482 e. The average Bonchev–Trinajstić information content (AvgIpc) is 2.79. The second-order valence-corrected chi connectivity index (χ2v) is 8.27. The van der Waals surface area contributed by atoms with Crippen molar-refractivity contribution in [3.05, 3.63) is 81.2 Å². The predicted molar refractivity (Wildman–Crippen MR) is 126 cm³/mol. The summed E-state index contributed by atoms with van der Waals surface area (Å²) < 4.78 is 19.4. The van der Waals surface area contributed by atoms with Crippen molar-refractivity contribution in [3.8, 4) is 5.75 Å². The molecule has 3 rings (SSSR count). The maximum absolute atomic E-state index is 13.4. The lowest BCUT2D eigenvalue weighted by atomic mass is 9.95. The standard InChI is InChI=1S/C23H22BrClFN3O3/c1-3-14-8-9-29(20(10-14)15-4-6-16(26)7-5-15)23(31)28-19-12-21(18(25)11-17(19)24)32-13-22(30)27-2/h3-9,11-12,20H,10,13H2,1-2H3,(H,27,30)(H,28,31)/b14-3+. The second-order valence-electron chi connectivity index (χ2n) is 7.01. The van der Waals surface area contributed by atoms with E-state index in [4.69, 9.17) is 16.3 Å². The fraction of sp³-hybridized carbons (Fsp3) is 0.217. The van der Waals surface area contributed by atoms with Crippen LogP contribution in [0.4, 0.5) is 14.9 Å². The summed E-state index contributed by atoms with van der Waals surface area (Å²) in [5, 5.41) is 5.60. The highest BCUT2D eigenvalue weighted by Gasteiger charge is 2.27. The molecule has 0 bridgehead atoms. The lowest BCUT2D eigenvalue weighted by Gasteiger charge is -2.33. The number of nitrogens with zero attached hydrogens (tertiary/aromatic N) is 1. The van der Waals surface area contributed by atoms with Gasteiger partial charge in [0.1, 0.15) is 11.6 Å². The highest BCUT2D eigenvalue weighted by Crippen LogP contribution is 2.37. The van der Waals surface area contributed by atoms with Crippen LogP contribution in [0.2, 0.25) is 5.02 Å². The van der Waals surface area contributed by atoms with E-state index in [1.54, 1.807) is 35.4 Å². The normalized spacial score (nSPS) is 16.7. The number of hydrogen-bond acceptors (Lipinski definition) is 3. The molecule has 1 heterocycles. The molecule has 0 radical (unpaired) electrons. The lowest BCUT2D eigenvalue weighted by molar-refractivity contribution is -0.122. The number of rotatable bonds is 5. The van der Waals surface area contributed by atoms with Gasteiger partial charge in [0, 0.05) is 23.8 Å². The van der Waals surface area contributed by atoms with Crippen molar-refractivity contribution in [1.29, 1.82) is 0 Å². The zero-order valence-corrected chi connectivity index (χ0v) is 19.8. The summed E-state index contributed by atoms with van der Waals surface area (Å²) >= 11 is 9.60. The Hall–Kier alpha value is -2.84. The Morgan fingerprint density at radius 3 is 2.69 bits per heavy atom. The molecule has 0 saturated carbocycles. The van der Waals surface area contributed by atoms with Gasteiger partial charge in [-0.25, -0.2) is 9.18 Å². The minimum Gasteiger partial charge on any atom is -0.482 e. The molecule has 9 heteroatoms. The van der Waals surface area contributed by atoms with Gasteiger partial charge in [-0.3, -0.25) is 9.69 Å². The van der Waals surface area contributed by atoms with Crippen LogP contribution in [0.5, 0.6) is 5.75 Å². The number of allylic oxidation sites excluding steroid dienone is 2. The number of amides is 3. The summed E-state index contributed by atoms with van der Waals surface area (Å²) in [6, 6.07) is 8.55. The van der Waals surface area contributed by atoms with Gasteiger partial charge >= 0.3 is 6.03 Å². The molecule has 0 aromatic heterocycles. The van der Waals surface area contributed by atoms with Crippen LogP contribution < -0.4 is 15.4 Å². The molecule has 32 heavy (non-hydrogen) atoms. The van der Waals surface area contributed by atoms with E-state index >= 15 is 0 Å². The molecule has 0 spiro atoms. The first kappa shape index (κ1) is 23.8. The Labute approximate surface area is 199 Å². The summed E-state index contributed by atoms with van der Waals surface area (Å²) in [5.41, 5.74) is 2.31. The summed E-state index contributed by atoms with van der Waals surface area (Å²) in [4.78, 5) is 26.2. The first-order valence-electron chi connectivity index (χ1n) is 9.83. The van der Waals surface area contributed by atoms with E-state index < -0.39 is 0 Å². The monoisotopic (exact) mass is 521 g/mol. The molecule has 1 aliphatic heterocycles. The molecule has 2 aromatic carbocycles. The smallest absolute Gasteiger partial charge is 0.326 e. The van der Waals surface area contributed by atoms with Crippen molar-refractivity contribution < 1.29 is 18.7 Å². The Bertz CT molecular complexity index is 1070. The van der Waals surface area contributed by atoms with Crippen LogP contribution in [0, 0.1) is 5.82 Å². The Morgan fingerprint density at radius 1 is 1.31 bits per heavy atom. The van der Waals surface area contributed by atoms with Crippen LogP contribution in [0.25, 0.3) is 0 Å². The maximum Gasteiger partial charge on any atom is 0.326 e. The summed E-state index contributed by atoms with van der Waals surface area (Å²) in [6.45, 7) is 1.72. The molecule has 168 valence electrons. The van der Waals surface area contributed by atoms with Crippen LogP contribution in [-0.4, -0.2) is 30.5 Å². The third-order valence-corrected chi connectivity index (χ3v) is 5.93. The molecule has 1 unspecified atom stereocenters. The SMILES string of the molecule is C/C=C1\C=CN(C(=O)Nc2cc(OCC(=O)NC)c(Cl)cc2Br)C(c2ccc(F)cc2)C1. The van der Waals surface area contributed by atoms with Crippen LogP contribution in [0.15, 0.2) is 64.8 Å². The first-order chi connectivity index (χ1) is 15.3. The van der Waals surface area contributed by atoms with Crippen molar-refractivity contribution in [1.82, 2.24) is 10.2 Å². The number of carbonyl (C=O) groups excluding carboxylic acids is 2. The van der Waals surface area contributed by atoms with Crippen molar-refractivity contribution >= 4 is 45.2 Å². The number of carbonyl (C=O) groups is 2. The van der Waals surface area contributed by atoms with Crippen molar-refractivity contribution in [2.24, 2.45) is 0 Å². The third kappa shape index (κ3) is 5.69. The number of ether oxygens (including phenoxy) is 1. The number of nitrogens with one attached hydrogen (secondary N) is 2. The van der Waals surface area contributed by atoms with Gasteiger partial charge in [-0.1, -0.05) is 29.8 Å². The van der Waals surface area contributed by atoms with Crippen LogP contribution in [-0.2, 0) is 4.79 Å². The van der Waals surface area contributed by atoms with E-state index in [0.29, 0.717) is 21.6 Å². The number of anilines is 1. The van der Waals surface area contributed by atoms with Gasteiger partial charge in [-0.05, 0) is 64.7 Å². The zero-order chi connectivity index (χ0) is 23.3. The van der Waals surface area contributed by atoms with Gasteiger partial charge < -0.3 is 15.4 Å². The van der Waals surface area contributed by atoms with Gasteiger partial charge in [-0.15, -0.1) is 0 Å². The van der Waals surface area contributed by atoms with Crippen LogP contribution in [0.1, 0.15) is 24.9 Å². The minimum atomic E-state index is -0.383. The van der Waals surface area contributed by atoms with Crippen molar-refractivity contribution in [2.75, 3.05) is 19.0 Å². The van der Waals surface area contributed by atoms with Gasteiger partial charge in [0.15, 0.2) is 6.61 Å². The average molecular weight is 523 g/mol. The van der Waals surface area contributed by atoms with Gasteiger partial charge in [0.25, 0.3) is 5.91 Å². The van der Waals surface area contributed by atoms with Crippen LogP contribution in [0.3, 0.4) is 0 Å². The molecule has 0 fully saturated rings. The summed E-state index contributed by atoms with van der Waals surface area (Å²) in [6.07, 6.45) is 6.14. The molecule has 0 aliphatic carbocycles. The molecule has 2 N–H and O–H groups in total. The zero-order valence-electron chi connectivity index (χ0n) is 17.5. The highest BCUT2D eigenvalue weighted by molar-refractivity contribution is 9.10. The lowest BCUT2D eigenvalue weighted by Crippen LogP contribution is -2.36. The number of likely N-dealkylation sites (N-methyl/N-ethyl adjacent to an activating group) is 1. The van der Waals surface area contributed by atoms with Gasteiger partial charge in [-0.2, -0.15) is 0 Å². The van der Waals surface area contributed by atoms with Crippen LogP contribution >= 0.6 is 27.5 Å². The summed E-state index contributed by atoms with van der Waals surface area (Å²) in [5.74, 6) is -0.388. The van der Waals surface area contributed by atoms with E-state index in [1.807, 2.05) is 19.1 Å². The molecule has 3 amide bonds. The molecular formula is C23H22BrClFN3O3. The second kappa shape index (κ2) is 10.7. The van der Waals surface area contributed by atoms with Crippen molar-refractivity contribution in [2.45, 2.75) is 19.4 Å².